The van der Waals surface area contributed by atoms with Gasteiger partial charge in [-0.1, -0.05) is 0 Å². The molecule has 2 aromatic rings. The van der Waals surface area contributed by atoms with Gasteiger partial charge < -0.3 is 10.1 Å². The van der Waals surface area contributed by atoms with Crippen LogP contribution in [0, 0.1) is 17.0 Å². The van der Waals surface area contributed by atoms with Crippen molar-refractivity contribution in [2.45, 2.75) is 6.92 Å². The molecule has 2 rings (SSSR count). The lowest BCUT2D eigenvalue weighted by atomic mass is 10.1. The maximum Gasteiger partial charge on any atom is 0.311 e. The van der Waals surface area contributed by atoms with Gasteiger partial charge in [0.1, 0.15) is 0 Å². The van der Waals surface area contributed by atoms with Crippen molar-refractivity contribution in [3.8, 4) is 5.75 Å². The third-order valence-electron chi connectivity index (χ3n) is 2.93. The van der Waals surface area contributed by atoms with E-state index in [-0.39, 0.29) is 17.0 Å². The van der Waals surface area contributed by atoms with Gasteiger partial charge >= 0.3 is 5.69 Å². The predicted octanol–water partition coefficient (Wildman–Crippen LogP) is 2.56. The number of hydrogen-bond acceptors (Lipinski definition) is 5. The van der Waals surface area contributed by atoms with Gasteiger partial charge in [-0.3, -0.25) is 19.9 Å². The van der Waals surface area contributed by atoms with E-state index in [9.17, 15) is 14.9 Å². The summed E-state index contributed by atoms with van der Waals surface area (Å²) >= 11 is 0. The number of anilines is 1. The fraction of sp³-hybridized carbons (Fsp3) is 0.143. The molecular formula is C14H13N3O4. The van der Waals surface area contributed by atoms with Gasteiger partial charge in [-0.05, 0) is 30.7 Å². The number of pyridine rings is 1. The maximum atomic E-state index is 12.1. The fourth-order valence-corrected chi connectivity index (χ4v) is 1.76. The maximum absolute atomic E-state index is 12.1. The molecule has 0 unspecified atom stereocenters. The van der Waals surface area contributed by atoms with Crippen molar-refractivity contribution in [3.05, 3.63) is 57.9 Å². The molecule has 0 radical (unpaired) electrons. The van der Waals surface area contributed by atoms with Gasteiger partial charge in [-0.25, -0.2) is 0 Å². The van der Waals surface area contributed by atoms with E-state index in [1.165, 1.54) is 31.5 Å². The zero-order valence-electron chi connectivity index (χ0n) is 11.5. The van der Waals surface area contributed by atoms with E-state index in [1.54, 1.807) is 12.3 Å². The lowest BCUT2D eigenvalue weighted by molar-refractivity contribution is -0.385. The average Bonchev–Trinajstić information content (AvgIpc) is 2.48. The van der Waals surface area contributed by atoms with Crippen LogP contribution in [0.25, 0.3) is 0 Å². The third-order valence-corrected chi connectivity index (χ3v) is 2.93. The van der Waals surface area contributed by atoms with Crippen molar-refractivity contribution in [3.63, 3.8) is 0 Å². The van der Waals surface area contributed by atoms with Crippen LogP contribution in [0.1, 0.15) is 15.9 Å². The SMILES string of the molecule is COc1ccc(C(=O)Nc2cnccc2C)cc1[N+](=O)[O-]. The average molecular weight is 287 g/mol. The van der Waals surface area contributed by atoms with Gasteiger partial charge in [0.05, 0.1) is 23.9 Å². The number of carbonyl (C=O) groups excluding carboxylic acids is 1. The number of hydrogen-bond donors (Lipinski definition) is 1. The number of nitro benzene ring substituents is 1. The lowest BCUT2D eigenvalue weighted by Crippen LogP contribution is -2.13. The molecule has 0 aliphatic rings. The summed E-state index contributed by atoms with van der Waals surface area (Å²) in [6.07, 6.45) is 3.13. The summed E-state index contributed by atoms with van der Waals surface area (Å²) in [7, 11) is 1.33. The Morgan fingerprint density at radius 3 is 2.76 bits per heavy atom. The molecule has 0 saturated heterocycles. The Hall–Kier alpha value is -2.96. The second-order valence-corrected chi connectivity index (χ2v) is 4.29. The quantitative estimate of drug-likeness (QED) is 0.688. The molecule has 0 atom stereocenters. The minimum atomic E-state index is -0.592. The number of rotatable bonds is 4. The molecule has 7 nitrogen and oxygen atoms in total. The van der Waals surface area contributed by atoms with Crippen molar-refractivity contribution >= 4 is 17.3 Å². The predicted molar refractivity (Wildman–Crippen MR) is 76.6 cm³/mol. The highest BCUT2D eigenvalue weighted by atomic mass is 16.6. The Kier molecular flexibility index (Phi) is 4.13. The lowest BCUT2D eigenvalue weighted by Gasteiger charge is -2.08. The summed E-state index contributed by atoms with van der Waals surface area (Å²) in [4.78, 5) is 26.4. The Bertz CT molecular complexity index is 700. The second kappa shape index (κ2) is 6.00. The van der Waals surface area contributed by atoms with Crippen LogP contribution in [0.2, 0.25) is 0 Å². The van der Waals surface area contributed by atoms with Crippen molar-refractivity contribution in [1.29, 1.82) is 0 Å². The minimum Gasteiger partial charge on any atom is -0.490 e. The van der Waals surface area contributed by atoms with Crippen LogP contribution in [0.3, 0.4) is 0 Å². The van der Waals surface area contributed by atoms with E-state index in [0.29, 0.717) is 5.69 Å². The van der Waals surface area contributed by atoms with E-state index in [0.717, 1.165) is 5.56 Å². The molecule has 1 N–H and O–H groups in total. The molecule has 0 spiro atoms. The van der Waals surface area contributed by atoms with Gasteiger partial charge in [-0.15, -0.1) is 0 Å². The zero-order chi connectivity index (χ0) is 15.4. The van der Waals surface area contributed by atoms with E-state index in [4.69, 9.17) is 4.74 Å². The number of nitrogens with one attached hydrogen (secondary N) is 1. The Morgan fingerprint density at radius 1 is 1.38 bits per heavy atom. The molecule has 108 valence electrons. The zero-order valence-corrected chi connectivity index (χ0v) is 11.5. The first-order valence-corrected chi connectivity index (χ1v) is 6.07. The van der Waals surface area contributed by atoms with Crippen LogP contribution in [0.15, 0.2) is 36.7 Å². The van der Waals surface area contributed by atoms with Crippen LogP contribution in [0.4, 0.5) is 11.4 Å². The van der Waals surface area contributed by atoms with Crippen LogP contribution in [-0.4, -0.2) is 22.9 Å². The molecule has 1 aromatic heterocycles. The molecule has 0 bridgehead atoms. The highest BCUT2D eigenvalue weighted by Gasteiger charge is 2.18. The molecule has 0 aliphatic heterocycles. The standard InChI is InChI=1S/C14H13N3O4/c1-9-5-6-15-8-11(9)16-14(18)10-3-4-13(21-2)12(7-10)17(19)20/h3-8H,1-2H3,(H,16,18). The largest absolute Gasteiger partial charge is 0.490 e. The monoisotopic (exact) mass is 287 g/mol. The number of carbonyl (C=O) groups is 1. The minimum absolute atomic E-state index is 0.106. The first kappa shape index (κ1) is 14.4. The third kappa shape index (κ3) is 3.14. The van der Waals surface area contributed by atoms with E-state index in [2.05, 4.69) is 10.3 Å². The first-order chi connectivity index (χ1) is 10.0. The summed E-state index contributed by atoms with van der Waals surface area (Å²) in [5, 5.41) is 13.6. The number of amides is 1. The first-order valence-electron chi connectivity index (χ1n) is 6.07. The summed E-state index contributed by atoms with van der Waals surface area (Å²) in [5.41, 5.74) is 1.32. The number of aromatic nitrogens is 1. The van der Waals surface area contributed by atoms with Gasteiger partial charge in [0.15, 0.2) is 5.75 Å². The number of benzene rings is 1. The number of nitro groups is 1. The van der Waals surface area contributed by atoms with E-state index >= 15 is 0 Å². The van der Waals surface area contributed by atoms with Crippen LogP contribution >= 0.6 is 0 Å². The topological polar surface area (TPSA) is 94.4 Å². The molecule has 7 heteroatoms. The van der Waals surface area contributed by atoms with Crippen LogP contribution in [0.5, 0.6) is 5.75 Å². The highest BCUT2D eigenvalue weighted by molar-refractivity contribution is 6.05. The highest BCUT2D eigenvalue weighted by Crippen LogP contribution is 2.27. The van der Waals surface area contributed by atoms with Crippen molar-refractivity contribution in [2.75, 3.05) is 12.4 Å². The van der Waals surface area contributed by atoms with E-state index in [1.807, 2.05) is 6.92 Å². The summed E-state index contributed by atoms with van der Waals surface area (Å²) in [6, 6.07) is 5.79. The van der Waals surface area contributed by atoms with E-state index < -0.39 is 10.8 Å². The second-order valence-electron chi connectivity index (χ2n) is 4.29. The summed E-state index contributed by atoms with van der Waals surface area (Å²) in [6.45, 7) is 1.83. The van der Waals surface area contributed by atoms with Gasteiger partial charge in [0, 0.05) is 17.8 Å². The molecule has 0 fully saturated rings. The normalized spacial score (nSPS) is 10.0. The molecular weight excluding hydrogens is 274 g/mol. The van der Waals surface area contributed by atoms with Gasteiger partial charge in [0.2, 0.25) is 0 Å². The fourth-order valence-electron chi connectivity index (χ4n) is 1.76. The number of ether oxygens (including phenoxy) is 1. The Morgan fingerprint density at radius 2 is 2.14 bits per heavy atom. The molecule has 0 aliphatic carbocycles. The number of aryl methyl sites for hydroxylation is 1. The van der Waals surface area contributed by atoms with Crippen molar-refractivity contribution in [1.82, 2.24) is 4.98 Å². The van der Waals surface area contributed by atoms with Gasteiger partial charge in [0.25, 0.3) is 5.91 Å². The molecule has 0 saturated carbocycles. The van der Waals surface area contributed by atoms with Crippen molar-refractivity contribution in [2.24, 2.45) is 0 Å². The molecule has 1 heterocycles. The smallest absolute Gasteiger partial charge is 0.311 e. The van der Waals surface area contributed by atoms with Crippen LogP contribution < -0.4 is 10.1 Å². The number of methoxy groups -OCH3 is 1. The summed E-state index contributed by atoms with van der Waals surface area (Å²) < 4.78 is 4.90. The van der Waals surface area contributed by atoms with Crippen molar-refractivity contribution < 1.29 is 14.5 Å². The Labute approximate surface area is 120 Å². The van der Waals surface area contributed by atoms with Gasteiger partial charge in [-0.2, -0.15) is 0 Å². The molecule has 21 heavy (non-hydrogen) atoms. The number of nitrogens with zero attached hydrogens (tertiary/aromatic N) is 2. The Balaban J connectivity index is 2.30. The molecule has 1 amide bonds. The summed E-state index contributed by atoms with van der Waals surface area (Å²) in [5.74, 6) is -0.342. The van der Waals surface area contributed by atoms with Crippen LogP contribution in [-0.2, 0) is 0 Å². The molecule has 1 aromatic carbocycles.